The lowest BCUT2D eigenvalue weighted by Gasteiger charge is -2.25. The van der Waals surface area contributed by atoms with Crippen LogP contribution in [0.4, 0.5) is 11.4 Å². The summed E-state index contributed by atoms with van der Waals surface area (Å²) in [5.74, 6) is 1.44. The summed E-state index contributed by atoms with van der Waals surface area (Å²) >= 11 is 0. The first-order chi connectivity index (χ1) is 14.5. The summed E-state index contributed by atoms with van der Waals surface area (Å²) in [6.45, 7) is 0.862. The van der Waals surface area contributed by atoms with E-state index in [9.17, 15) is 14.9 Å². The number of ether oxygens (including phenoxy) is 3. The number of methoxy groups -OCH3 is 3. The number of carbonyl (C=O) groups excluding carboxylic acids is 1. The van der Waals surface area contributed by atoms with Crippen LogP contribution in [0.15, 0.2) is 36.4 Å². The highest BCUT2D eigenvalue weighted by molar-refractivity contribution is 5.94. The maximum absolute atomic E-state index is 12.7. The largest absolute Gasteiger partial charge is 0.497 e. The van der Waals surface area contributed by atoms with Gasteiger partial charge in [0.25, 0.3) is 5.69 Å². The highest BCUT2D eigenvalue weighted by Gasteiger charge is 2.30. The minimum absolute atomic E-state index is 0.0162. The van der Waals surface area contributed by atoms with Gasteiger partial charge in [-0.25, -0.2) is 0 Å². The number of rotatable bonds is 8. The van der Waals surface area contributed by atoms with Crippen molar-refractivity contribution in [1.29, 1.82) is 0 Å². The van der Waals surface area contributed by atoms with Crippen LogP contribution in [0.2, 0.25) is 0 Å². The fourth-order valence-corrected chi connectivity index (χ4v) is 3.73. The molecule has 0 unspecified atom stereocenters. The Kier molecular flexibility index (Phi) is 6.73. The number of likely N-dealkylation sites (tertiary alicyclic amines) is 1. The van der Waals surface area contributed by atoms with Crippen molar-refractivity contribution in [3.8, 4) is 17.2 Å². The molecule has 1 heterocycles. The van der Waals surface area contributed by atoms with Crippen molar-refractivity contribution >= 4 is 17.3 Å². The van der Waals surface area contributed by atoms with Gasteiger partial charge >= 0.3 is 0 Å². The van der Waals surface area contributed by atoms with Gasteiger partial charge in [0, 0.05) is 17.7 Å². The Balaban J connectivity index is 1.75. The summed E-state index contributed by atoms with van der Waals surface area (Å²) in [4.78, 5) is 25.5. The summed E-state index contributed by atoms with van der Waals surface area (Å²) in [7, 11) is 4.63. The van der Waals surface area contributed by atoms with Gasteiger partial charge in [0.05, 0.1) is 38.9 Å². The lowest BCUT2D eigenvalue weighted by molar-refractivity contribution is -0.384. The molecule has 0 radical (unpaired) electrons. The number of benzene rings is 2. The number of amides is 1. The fourth-order valence-electron chi connectivity index (χ4n) is 3.73. The van der Waals surface area contributed by atoms with Crippen LogP contribution >= 0.6 is 0 Å². The van der Waals surface area contributed by atoms with E-state index in [1.165, 1.54) is 19.2 Å². The standard InChI is InChI=1S/C21H25N3O6/c1-28-14-7-9-17(19(11-14)24(26)27)22-21(25)13-23-10-4-5-18(23)16-8-6-15(29-2)12-20(16)30-3/h6-9,11-12,18H,4-5,10,13H2,1-3H3,(H,22,25)/t18-/m1/s1. The van der Waals surface area contributed by atoms with Crippen LogP contribution in [-0.4, -0.2) is 50.1 Å². The molecule has 1 N–H and O–H groups in total. The normalized spacial score (nSPS) is 16.2. The monoisotopic (exact) mass is 415 g/mol. The van der Waals surface area contributed by atoms with Crippen LogP contribution in [0.3, 0.4) is 0 Å². The molecule has 0 spiro atoms. The molecular formula is C21H25N3O6. The topological polar surface area (TPSA) is 103 Å². The average molecular weight is 415 g/mol. The van der Waals surface area contributed by atoms with Gasteiger partial charge in [0.1, 0.15) is 22.9 Å². The molecule has 2 aromatic rings. The van der Waals surface area contributed by atoms with Crippen molar-refractivity contribution in [1.82, 2.24) is 4.90 Å². The van der Waals surface area contributed by atoms with Crippen molar-refractivity contribution in [2.75, 3.05) is 39.7 Å². The Morgan fingerprint density at radius 2 is 1.83 bits per heavy atom. The van der Waals surface area contributed by atoms with E-state index in [4.69, 9.17) is 14.2 Å². The smallest absolute Gasteiger partial charge is 0.296 e. The van der Waals surface area contributed by atoms with E-state index < -0.39 is 4.92 Å². The molecule has 3 rings (SSSR count). The van der Waals surface area contributed by atoms with Gasteiger partial charge in [0.2, 0.25) is 5.91 Å². The lowest BCUT2D eigenvalue weighted by atomic mass is 10.0. The molecule has 0 aromatic heterocycles. The molecule has 1 saturated heterocycles. The van der Waals surface area contributed by atoms with Gasteiger partial charge in [-0.05, 0) is 37.6 Å². The quantitative estimate of drug-likeness (QED) is 0.521. The van der Waals surface area contributed by atoms with Crippen LogP contribution in [-0.2, 0) is 4.79 Å². The number of anilines is 1. The van der Waals surface area contributed by atoms with E-state index in [1.54, 1.807) is 20.3 Å². The molecule has 9 heteroatoms. The van der Waals surface area contributed by atoms with Gasteiger partial charge in [-0.2, -0.15) is 0 Å². The second-order valence-corrected chi connectivity index (χ2v) is 6.92. The van der Waals surface area contributed by atoms with Crippen molar-refractivity contribution in [3.05, 3.63) is 52.1 Å². The third-order valence-electron chi connectivity index (χ3n) is 5.19. The van der Waals surface area contributed by atoms with E-state index in [2.05, 4.69) is 10.2 Å². The number of nitrogens with zero attached hydrogens (tertiary/aromatic N) is 2. The van der Waals surface area contributed by atoms with E-state index in [0.717, 1.165) is 24.9 Å². The fraction of sp³-hybridized carbons (Fsp3) is 0.381. The molecule has 0 aliphatic carbocycles. The van der Waals surface area contributed by atoms with Crippen molar-refractivity contribution < 1.29 is 23.9 Å². The predicted octanol–water partition coefficient (Wildman–Crippen LogP) is 3.40. The molecule has 1 atom stereocenters. The zero-order valence-corrected chi connectivity index (χ0v) is 17.2. The number of hydrogen-bond acceptors (Lipinski definition) is 7. The van der Waals surface area contributed by atoms with Crippen molar-refractivity contribution in [3.63, 3.8) is 0 Å². The Bertz CT molecular complexity index is 933. The third-order valence-corrected chi connectivity index (χ3v) is 5.19. The summed E-state index contributed by atoms with van der Waals surface area (Å²) in [5, 5.41) is 14.0. The molecule has 1 aliphatic heterocycles. The Morgan fingerprint density at radius 1 is 1.13 bits per heavy atom. The van der Waals surface area contributed by atoms with Crippen LogP contribution in [0.25, 0.3) is 0 Å². The number of nitro benzene ring substituents is 1. The van der Waals surface area contributed by atoms with Gasteiger partial charge in [-0.3, -0.25) is 19.8 Å². The molecule has 1 fully saturated rings. The first-order valence-electron chi connectivity index (χ1n) is 9.55. The van der Waals surface area contributed by atoms with Crippen molar-refractivity contribution in [2.24, 2.45) is 0 Å². The average Bonchev–Trinajstić information content (AvgIpc) is 3.20. The molecule has 1 aliphatic rings. The van der Waals surface area contributed by atoms with Crippen LogP contribution in [0, 0.1) is 10.1 Å². The Labute approximate surface area is 174 Å². The van der Waals surface area contributed by atoms with Crippen LogP contribution in [0.1, 0.15) is 24.4 Å². The third kappa shape index (κ3) is 4.62. The number of nitrogens with one attached hydrogen (secondary N) is 1. The SMILES string of the molecule is COc1ccc([C@H]2CCCN2CC(=O)Nc2ccc(OC)cc2[N+](=O)[O-])c(OC)c1. The van der Waals surface area contributed by atoms with Crippen LogP contribution in [0.5, 0.6) is 17.2 Å². The molecule has 0 bridgehead atoms. The Hall–Kier alpha value is -3.33. The van der Waals surface area contributed by atoms with Gasteiger partial charge in [-0.1, -0.05) is 6.07 Å². The zero-order chi connectivity index (χ0) is 21.7. The number of carbonyl (C=O) groups is 1. The molecule has 30 heavy (non-hydrogen) atoms. The molecule has 2 aromatic carbocycles. The summed E-state index contributed by atoms with van der Waals surface area (Å²) in [5.41, 5.74) is 0.917. The maximum Gasteiger partial charge on any atom is 0.296 e. The molecule has 0 saturated carbocycles. The van der Waals surface area contributed by atoms with E-state index in [-0.39, 0.29) is 29.9 Å². The minimum Gasteiger partial charge on any atom is -0.497 e. The first kappa shape index (κ1) is 21.4. The summed E-state index contributed by atoms with van der Waals surface area (Å²) in [6.07, 6.45) is 1.83. The Morgan fingerprint density at radius 3 is 2.50 bits per heavy atom. The molecule has 160 valence electrons. The maximum atomic E-state index is 12.7. The van der Waals surface area contributed by atoms with Gasteiger partial charge < -0.3 is 19.5 Å². The lowest BCUT2D eigenvalue weighted by Crippen LogP contribution is -2.33. The molecule has 1 amide bonds. The van der Waals surface area contributed by atoms with Gasteiger partial charge in [0.15, 0.2) is 0 Å². The molecular weight excluding hydrogens is 390 g/mol. The number of nitro groups is 1. The summed E-state index contributed by atoms with van der Waals surface area (Å²) in [6, 6.07) is 10.00. The van der Waals surface area contributed by atoms with Crippen molar-refractivity contribution in [2.45, 2.75) is 18.9 Å². The van der Waals surface area contributed by atoms with Crippen LogP contribution < -0.4 is 19.5 Å². The van der Waals surface area contributed by atoms with Gasteiger partial charge in [-0.15, -0.1) is 0 Å². The minimum atomic E-state index is -0.543. The highest BCUT2D eigenvalue weighted by Crippen LogP contribution is 2.38. The second-order valence-electron chi connectivity index (χ2n) is 6.92. The highest BCUT2D eigenvalue weighted by atomic mass is 16.6. The zero-order valence-electron chi connectivity index (χ0n) is 17.2. The molecule has 9 nitrogen and oxygen atoms in total. The second kappa shape index (κ2) is 9.45. The first-order valence-corrected chi connectivity index (χ1v) is 9.55. The summed E-state index contributed by atoms with van der Waals surface area (Å²) < 4.78 is 15.8. The van der Waals surface area contributed by atoms with E-state index >= 15 is 0 Å². The predicted molar refractivity (Wildman–Crippen MR) is 111 cm³/mol. The number of hydrogen-bond donors (Lipinski definition) is 1. The van der Waals surface area contributed by atoms with E-state index in [1.807, 2.05) is 18.2 Å². The van der Waals surface area contributed by atoms with E-state index in [0.29, 0.717) is 17.2 Å².